The first-order valence-corrected chi connectivity index (χ1v) is 6.54. The van der Waals surface area contributed by atoms with Gasteiger partial charge in [-0.05, 0) is 56.3 Å². The van der Waals surface area contributed by atoms with Crippen molar-refractivity contribution >= 4 is 11.6 Å². The number of hydrogen-bond donors (Lipinski definition) is 1. The van der Waals surface area contributed by atoms with E-state index in [2.05, 4.69) is 15.3 Å². The minimum atomic E-state index is 0.235. The molecule has 4 nitrogen and oxygen atoms in total. The van der Waals surface area contributed by atoms with E-state index < -0.39 is 0 Å². The molecule has 0 aromatic carbocycles. The van der Waals surface area contributed by atoms with Crippen LogP contribution in [0.1, 0.15) is 25.7 Å². The van der Waals surface area contributed by atoms with Gasteiger partial charge in [0.1, 0.15) is 0 Å². The maximum atomic E-state index is 5.67. The van der Waals surface area contributed by atoms with E-state index in [1.54, 1.807) is 12.3 Å². The lowest BCUT2D eigenvalue weighted by Crippen LogP contribution is -2.29. The molecule has 94 valence electrons. The average Bonchev–Trinajstić information content (AvgIpc) is 2.36. The zero-order valence-corrected chi connectivity index (χ0v) is 10.6. The Bertz CT molecular complexity index is 342. The molecule has 1 atom stereocenters. The van der Waals surface area contributed by atoms with Crippen molar-refractivity contribution in [2.75, 3.05) is 19.7 Å². The number of aromatic nitrogens is 2. The summed E-state index contributed by atoms with van der Waals surface area (Å²) in [5.41, 5.74) is 0. The fraction of sp³-hybridized carbons (Fsp3) is 0.667. The number of nitrogens with zero attached hydrogens (tertiary/aromatic N) is 2. The number of ether oxygens (including phenoxy) is 1. The fourth-order valence-corrected chi connectivity index (χ4v) is 2.26. The molecule has 1 aromatic rings. The summed E-state index contributed by atoms with van der Waals surface area (Å²) in [5, 5.41) is 3.66. The van der Waals surface area contributed by atoms with Gasteiger partial charge in [0, 0.05) is 12.3 Å². The predicted octanol–water partition coefficient (Wildman–Crippen LogP) is 2.29. The number of hydrogen-bond acceptors (Lipinski definition) is 4. The third-order valence-corrected chi connectivity index (χ3v) is 3.19. The van der Waals surface area contributed by atoms with E-state index in [4.69, 9.17) is 16.3 Å². The molecule has 5 heteroatoms. The van der Waals surface area contributed by atoms with Gasteiger partial charge in [0.15, 0.2) is 0 Å². The van der Waals surface area contributed by atoms with E-state index in [-0.39, 0.29) is 5.28 Å². The number of rotatable bonds is 5. The molecule has 1 aliphatic heterocycles. The van der Waals surface area contributed by atoms with Crippen molar-refractivity contribution in [3.8, 4) is 5.88 Å². The third-order valence-electron chi connectivity index (χ3n) is 3.01. The van der Waals surface area contributed by atoms with Crippen LogP contribution in [0.2, 0.25) is 5.28 Å². The molecule has 0 bridgehead atoms. The summed E-state index contributed by atoms with van der Waals surface area (Å²) in [7, 11) is 0. The van der Waals surface area contributed by atoms with Crippen LogP contribution in [0, 0.1) is 5.92 Å². The Labute approximate surface area is 107 Å². The van der Waals surface area contributed by atoms with Crippen molar-refractivity contribution in [2.24, 2.45) is 5.92 Å². The second-order valence-corrected chi connectivity index (χ2v) is 4.71. The Kier molecular flexibility index (Phi) is 5.01. The van der Waals surface area contributed by atoms with Crippen molar-refractivity contribution < 1.29 is 4.74 Å². The number of piperidine rings is 1. The Morgan fingerprint density at radius 1 is 1.53 bits per heavy atom. The molecule has 1 fully saturated rings. The van der Waals surface area contributed by atoms with E-state index in [0.717, 1.165) is 18.9 Å². The highest BCUT2D eigenvalue weighted by Crippen LogP contribution is 2.16. The molecule has 0 saturated carbocycles. The summed E-state index contributed by atoms with van der Waals surface area (Å²) in [4.78, 5) is 7.78. The summed E-state index contributed by atoms with van der Waals surface area (Å²) < 4.78 is 5.52. The third kappa shape index (κ3) is 4.48. The normalized spacial score (nSPS) is 20.2. The van der Waals surface area contributed by atoms with Crippen molar-refractivity contribution in [3.05, 3.63) is 17.5 Å². The molecular formula is C12H18ClN3O. The number of halogens is 1. The average molecular weight is 256 g/mol. The quantitative estimate of drug-likeness (QED) is 0.648. The van der Waals surface area contributed by atoms with Crippen LogP contribution >= 0.6 is 11.6 Å². The zero-order chi connectivity index (χ0) is 11.9. The van der Waals surface area contributed by atoms with Crippen molar-refractivity contribution in [1.29, 1.82) is 0 Å². The van der Waals surface area contributed by atoms with E-state index >= 15 is 0 Å². The first-order valence-electron chi connectivity index (χ1n) is 6.16. The molecular weight excluding hydrogens is 238 g/mol. The van der Waals surface area contributed by atoms with Gasteiger partial charge in [-0.2, -0.15) is 4.98 Å². The SMILES string of the molecule is Clc1nccc(OCCC[C@@H]2CCCNC2)n1. The Morgan fingerprint density at radius 2 is 2.47 bits per heavy atom. The molecule has 1 aliphatic rings. The van der Waals surface area contributed by atoms with Gasteiger partial charge in [-0.1, -0.05) is 0 Å². The second-order valence-electron chi connectivity index (χ2n) is 4.37. The van der Waals surface area contributed by atoms with Gasteiger partial charge in [-0.15, -0.1) is 0 Å². The van der Waals surface area contributed by atoms with Gasteiger partial charge in [-0.3, -0.25) is 0 Å². The highest BCUT2D eigenvalue weighted by atomic mass is 35.5. The van der Waals surface area contributed by atoms with Gasteiger partial charge in [0.05, 0.1) is 6.61 Å². The highest BCUT2D eigenvalue weighted by Gasteiger charge is 2.12. The standard InChI is InChI=1S/C12H18ClN3O/c13-12-15-7-5-11(16-12)17-8-2-4-10-3-1-6-14-9-10/h5,7,10,14H,1-4,6,8-9H2/t10-/m0/s1. The highest BCUT2D eigenvalue weighted by molar-refractivity contribution is 6.28. The van der Waals surface area contributed by atoms with E-state index in [9.17, 15) is 0 Å². The summed E-state index contributed by atoms with van der Waals surface area (Å²) in [6.07, 6.45) is 6.52. The lowest BCUT2D eigenvalue weighted by molar-refractivity contribution is 0.268. The molecule has 0 amide bonds. The molecule has 17 heavy (non-hydrogen) atoms. The largest absolute Gasteiger partial charge is 0.478 e. The molecule has 0 radical (unpaired) electrons. The van der Waals surface area contributed by atoms with Gasteiger partial charge >= 0.3 is 0 Å². The van der Waals surface area contributed by atoms with Crippen LogP contribution < -0.4 is 10.1 Å². The van der Waals surface area contributed by atoms with Gasteiger partial charge in [0.2, 0.25) is 11.2 Å². The second kappa shape index (κ2) is 6.77. The zero-order valence-electron chi connectivity index (χ0n) is 9.86. The molecule has 1 saturated heterocycles. The van der Waals surface area contributed by atoms with E-state index in [0.29, 0.717) is 12.5 Å². The van der Waals surface area contributed by atoms with Gasteiger partial charge in [-0.25, -0.2) is 4.98 Å². The summed E-state index contributed by atoms with van der Waals surface area (Å²) in [6.45, 7) is 3.02. The van der Waals surface area contributed by atoms with Crippen molar-refractivity contribution in [2.45, 2.75) is 25.7 Å². The lowest BCUT2D eigenvalue weighted by atomic mass is 9.95. The summed E-state index contributed by atoms with van der Waals surface area (Å²) >= 11 is 5.67. The van der Waals surface area contributed by atoms with Crippen LogP contribution in [0.4, 0.5) is 0 Å². The smallest absolute Gasteiger partial charge is 0.225 e. The molecule has 2 heterocycles. The van der Waals surface area contributed by atoms with E-state index in [1.165, 1.54) is 25.8 Å². The molecule has 0 spiro atoms. The van der Waals surface area contributed by atoms with Crippen molar-refractivity contribution in [1.82, 2.24) is 15.3 Å². The van der Waals surface area contributed by atoms with Crippen LogP contribution in [0.25, 0.3) is 0 Å². The Morgan fingerprint density at radius 3 is 3.24 bits per heavy atom. The van der Waals surface area contributed by atoms with Crippen LogP contribution in [0.5, 0.6) is 5.88 Å². The topological polar surface area (TPSA) is 47.0 Å². The maximum absolute atomic E-state index is 5.67. The summed E-state index contributed by atoms with van der Waals surface area (Å²) in [5.74, 6) is 1.37. The van der Waals surface area contributed by atoms with Crippen LogP contribution in [-0.2, 0) is 0 Å². The molecule has 0 aliphatic carbocycles. The van der Waals surface area contributed by atoms with Crippen LogP contribution in [0.15, 0.2) is 12.3 Å². The predicted molar refractivity (Wildman–Crippen MR) is 67.4 cm³/mol. The number of nitrogens with one attached hydrogen (secondary N) is 1. The molecule has 0 unspecified atom stereocenters. The molecule has 1 N–H and O–H groups in total. The first kappa shape index (κ1) is 12.6. The molecule has 1 aromatic heterocycles. The van der Waals surface area contributed by atoms with Crippen LogP contribution in [0.3, 0.4) is 0 Å². The minimum Gasteiger partial charge on any atom is -0.478 e. The van der Waals surface area contributed by atoms with Gasteiger partial charge < -0.3 is 10.1 Å². The Balaban J connectivity index is 1.62. The Hall–Kier alpha value is -0.870. The van der Waals surface area contributed by atoms with Crippen molar-refractivity contribution in [3.63, 3.8) is 0 Å². The minimum absolute atomic E-state index is 0.235. The summed E-state index contributed by atoms with van der Waals surface area (Å²) in [6, 6.07) is 1.73. The fourth-order valence-electron chi connectivity index (χ4n) is 2.12. The lowest BCUT2D eigenvalue weighted by Gasteiger charge is -2.22. The molecule has 2 rings (SSSR count). The van der Waals surface area contributed by atoms with Crippen LogP contribution in [-0.4, -0.2) is 29.7 Å². The maximum Gasteiger partial charge on any atom is 0.225 e. The van der Waals surface area contributed by atoms with Gasteiger partial charge in [0.25, 0.3) is 0 Å². The van der Waals surface area contributed by atoms with E-state index in [1.807, 2.05) is 0 Å². The monoisotopic (exact) mass is 255 g/mol. The first-order chi connectivity index (χ1) is 8.34.